The number of ether oxygens (including phenoxy) is 10. The summed E-state index contributed by atoms with van der Waals surface area (Å²) < 4.78 is 59.9. The predicted octanol–water partition coefficient (Wildman–Crippen LogP) is 2.78. The van der Waals surface area contributed by atoms with Crippen LogP contribution in [0.15, 0.2) is 24.3 Å². The minimum Gasteiger partial charge on any atom is -0.387 e. The molecule has 44 heavy (non-hydrogen) atoms. The number of hydrogen-bond acceptors (Lipinski definition) is 12. The van der Waals surface area contributed by atoms with Crippen molar-refractivity contribution in [2.75, 3.05) is 26.4 Å². The van der Waals surface area contributed by atoms with Gasteiger partial charge in [0.25, 0.3) is 0 Å². The van der Waals surface area contributed by atoms with Crippen molar-refractivity contribution in [3.63, 3.8) is 0 Å². The Morgan fingerprint density at radius 2 is 0.864 bits per heavy atom. The van der Waals surface area contributed by atoms with Gasteiger partial charge in [-0.15, -0.1) is 0 Å². The lowest BCUT2D eigenvalue weighted by atomic mass is 10.0. The number of benzene rings is 1. The van der Waals surface area contributed by atoms with Gasteiger partial charge in [-0.05, 0) is 66.5 Å². The molecule has 12 nitrogen and oxygen atoms in total. The van der Waals surface area contributed by atoms with Gasteiger partial charge in [-0.1, -0.05) is 24.3 Å². The van der Waals surface area contributed by atoms with Gasteiger partial charge < -0.3 is 57.6 Å². The molecule has 250 valence electrons. The van der Waals surface area contributed by atoms with E-state index >= 15 is 0 Å². The molecule has 2 N–H and O–H groups in total. The van der Waals surface area contributed by atoms with E-state index in [0.717, 1.165) is 11.1 Å². The Kier molecular flexibility index (Phi) is 10.1. The van der Waals surface area contributed by atoms with Gasteiger partial charge in [0.2, 0.25) is 0 Å². The van der Waals surface area contributed by atoms with E-state index < -0.39 is 72.0 Å². The Labute approximate surface area is 260 Å². The number of rotatable bonds is 12. The summed E-state index contributed by atoms with van der Waals surface area (Å²) >= 11 is 0. The lowest BCUT2D eigenvalue weighted by Crippen LogP contribution is -2.49. The highest BCUT2D eigenvalue weighted by atomic mass is 16.8. The fourth-order valence-corrected chi connectivity index (χ4v) is 6.01. The van der Waals surface area contributed by atoms with Gasteiger partial charge in [0.15, 0.2) is 23.1 Å². The third kappa shape index (κ3) is 8.36. The number of aliphatic hydroxyl groups excluding tert-OH is 2. The molecule has 0 aromatic heterocycles. The third-order valence-corrected chi connectivity index (χ3v) is 8.27. The van der Waals surface area contributed by atoms with E-state index in [-0.39, 0.29) is 39.6 Å². The molecule has 1 aromatic carbocycles. The van der Waals surface area contributed by atoms with Crippen LogP contribution in [-0.2, 0) is 60.6 Å². The van der Waals surface area contributed by atoms with Crippen LogP contribution in [0.4, 0.5) is 0 Å². The Hall–Kier alpha value is -1.26. The summed E-state index contributed by atoms with van der Waals surface area (Å²) in [5, 5.41) is 22.8. The van der Waals surface area contributed by atoms with Gasteiger partial charge >= 0.3 is 0 Å². The molecule has 8 atom stereocenters. The highest BCUT2D eigenvalue weighted by molar-refractivity contribution is 5.26. The maximum absolute atomic E-state index is 11.4. The summed E-state index contributed by atoms with van der Waals surface area (Å²) in [5.74, 6) is -3.21. The summed E-state index contributed by atoms with van der Waals surface area (Å²) in [5.41, 5.74) is 1.70. The van der Waals surface area contributed by atoms with Crippen molar-refractivity contribution in [1.82, 2.24) is 0 Å². The molecule has 4 heterocycles. The zero-order valence-corrected chi connectivity index (χ0v) is 27.1. The van der Waals surface area contributed by atoms with Gasteiger partial charge in [0, 0.05) is 0 Å². The topological polar surface area (TPSA) is 133 Å². The van der Waals surface area contributed by atoms with Crippen molar-refractivity contribution in [2.45, 2.75) is 141 Å². The van der Waals surface area contributed by atoms with Crippen LogP contribution in [0.1, 0.15) is 66.5 Å². The number of aliphatic hydroxyl groups is 2. The van der Waals surface area contributed by atoms with Crippen molar-refractivity contribution >= 4 is 0 Å². The average molecular weight is 627 g/mol. The summed E-state index contributed by atoms with van der Waals surface area (Å²) in [6, 6.07) is 7.71. The van der Waals surface area contributed by atoms with Gasteiger partial charge in [0.1, 0.15) is 48.8 Å². The summed E-state index contributed by atoms with van der Waals surface area (Å²) in [4.78, 5) is 0. The van der Waals surface area contributed by atoms with Crippen molar-refractivity contribution in [3.8, 4) is 0 Å². The summed E-state index contributed by atoms with van der Waals surface area (Å²) in [6.45, 7) is 15.9. The molecule has 0 saturated carbocycles. The average Bonchev–Trinajstić information content (AvgIpc) is 3.70. The van der Waals surface area contributed by atoms with E-state index in [9.17, 15) is 10.2 Å². The van der Waals surface area contributed by atoms with Crippen LogP contribution in [0.3, 0.4) is 0 Å². The van der Waals surface area contributed by atoms with Crippen LogP contribution in [0.2, 0.25) is 0 Å². The lowest BCUT2D eigenvalue weighted by Gasteiger charge is -2.32. The van der Waals surface area contributed by atoms with Crippen LogP contribution in [0.5, 0.6) is 0 Å². The van der Waals surface area contributed by atoms with Crippen LogP contribution in [0, 0.1) is 0 Å². The maximum Gasteiger partial charge on any atom is 0.163 e. The van der Waals surface area contributed by atoms with Crippen LogP contribution >= 0.6 is 0 Å². The molecule has 4 aliphatic heterocycles. The summed E-state index contributed by atoms with van der Waals surface area (Å²) in [7, 11) is 0. The van der Waals surface area contributed by atoms with Gasteiger partial charge in [-0.3, -0.25) is 0 Å². The highest BCUT2D eigenvalue weighted by Gasteiger charge is 2.48. The van der Waals surface area contributed by atoms with Crippen LogP contribution < -0.4 is 0 Å². The van der Waals surface area contributed by atoms with E-state index in [1.807, 2.05) is 79.7 Å². The fourth-order valence-electron chi connectivity index (χ4n) is 6.01. The van der Waals surface area contributed by atoms with E-state index in [1.165, 1.54) is 0 Å². The molecule has 4 saturated heterocycles. The van der Waals surface area contributed by atoms with Crippen molar-refractivity contribution in [2.24, 2.45) is 0 Å². The zero-order valence-electron chi connectivity index (χ0n) is 27.1. The van der Waals surface area contributed by atoms with Crippen LogP contribution in [0.25, 0.3) is 0 Å². The van der Waals surface area contributed by atoms with E-state index in [0.29, 0.717) is 0 Å². The molecule has 4 aliphatic rings. The standard InChI is InChI=1S/C32H50O12/c1-29(2)37-15-21(41-29)25(33)27(23-17-39-31(5,6)43-23)35-13-19-11-9-10-12-20(19)14-36-28(24-18-40-32(7,8)44-24)26(34)22-16-38-30(3,4)42-22/h9-12,21-28,33-34H,13-18H2,1-8H3/t21-,22-,23-,24-,25+,26+,27-,28-/m1/s1. The second-order valence-electron chi connectivity index (χ2n) is 13.8. The molecule has 0 bridgehead atoms. The molecule has 1 aromatic rings. The zero-order chi connectivity index (χ0) is 31.9. The van der Waals surface area contributed by atoms with E-state index in [1.54, 1.807) is 0 Å². The molecule has 12 heteroatoms. The van der Waals surface area contributed by atoms with Gasteiger partial charge in [-0.2, -0.15) is 0 Å². The fraction of sp³-hybridized carbons (Fsp3) is 0.812. The Morgan fingerprint density at radius 1 is 0.568 bits per heavy atom. The first kappa shape index (κ1) is 34.1. The van der Waals surface area contributed by atoms with Crippen molar-refractivity contribution in [3.05, 3.63) is 35.4 Å². The smallest absolute Gasteiger partial charge is 0.163 e. The normalized spacial score (nSPS) is 33.3. The molecule has 0 aliphatic carbocycles. The van der Waals surface area contributed by atoms with Crippen molar-refractivity contribution in [1.29, 1.82) is 0 Å². The molecule has 0 amide bonds. The molecule has 0 spiro atoms. The van der Waals surface area contributed by atoms with Gasteiger partial charge in [0.05, 0.1) is 39.6 Å². The minimum absolute atomic E-state index is 0.162. The summed E-state index contributed by atoms with van der Waals surface area (Å²) in [6.07, 6.45) is -5.77. The third-order valence-electron chi connectivity index (χ3n) is 8.27. The Balaban J connectivity index is 1.29. The molecule has 4 fully saturated rings. The minimum atomic E-state index is -1.03. The van der Waals surface area contributed by atoms with Crippen molar-refractivity contribution < 1.29 is 57.6 Å². The first-order valence-corrected chi connectivity index (χ1v) is 15.5. The predicted molar refractivity (Wildman–Crippen MR) is 155 cm³/mol. The van der Waals surface area contributed by atoms with E-state index in [4.69, 9.17) is 47.4 Å². The first-order chi connectivity index (χ1) is 20.5. The van der Waals surface area contributed by atoms with Crippen LogP contribution in [-0.4, -0.2) is 109 Å². The SMILES string of the molecule is CC1(C)OC[C@H]([C@H](O)[C@H](OCc2ccccc2CO[C@@H]([C@@H](O)[C@H]2COC(C)(C)O2)[C@H]2COC(C)(C)O2)[C@H]2COC(C)(C)O2)O1. The lowest BCUT2D eigenvalue weighted by molar-refractivity contribution is -0.197. The monoisotopic (exact) mass is 626 g/mol. The number of hydrogen-bond donors (Lipinski definition) is 2. The Bertz CT molecular complexity index is 1020. The second kappa shape index (κ2) is 13.1. The second-order valence-corrected chi connectivity index (χ2v) is 13.8. The molecule has 0 unspecified atom stereocenters. The van der Waals surface area contributed by atoms with E-state index in [2.05, 4.69) is 0 Å². The largest absolute Gasteiger partial charge is 0.387 e. The Morgan fingerprint density at radius 3 is 1.14 bits per heavy atom. The highest BCUT2D eigenvalue weighted by Crippen LogP contribution is 2.34. The molecular formula is C32H50O12. The molecule has 5 rings (SSSR count). The quantitative estimate of drug-likeness (QED) is 0.354. The first-order valence-electron chi connectivity index (χ1n) is 15.5. The maximum atomic E-state index is 11.4. The van der Waals surface area contributed by atoms with Gasteiger partial charge in [-0.25, -0.2) is 0 Å². The molecule has 0 radical (unpaired) electrons. The molecular weight excluding hydrogens is 576 g/mol.